The van der Waals surface area contributed by atoms with E-state index in [1.54, 1.807) is 0 Å². The Morgan fingerprint density at radius 3 is 0.959 bits per heavy atom. The van der Waals surface area contributed by atoms with Gasteiger partial charge in [0.1, 0.15) is 11.5 Å². The fraction of sp³-hybridized carbons (Fsp3) is 0.182. The number of benzene rings is 8. The summed E-state index contributed by atoms with van der Waals surface area (Å²) in [7, 11) is 0. The molecule has 12 rings (SSSR count). The molecule has 0 radical (unpaired) electrons. The van der Waals surface area contributed by atoms with Gasteiger partial charge in [0.05, 0.1) is 57.2 Å². The summed E-state index contributed by atoms with van der Waals surface area (Å²) < 4.78 is 16.0. The van der Waals surface area contributed by atoms with Crippen LogP contribution in [0.5, 0.6) is 11.5 Å². The molecule has 0 saturated heterocycles. The molecule has 0 N–H and O–H groups in total. The summed E-state index contributed by atoms with van der Waals surface area (Å²) >= 11 is 0. The summed E-state index contributed by atoms with van der Waals surface area (Å²) in [5.74, 6) is 2.74. The molecule has 360 valence electrons. The van der Waals surface area contributed by atoms with Crippen molar-refractivity contribution >= 4 is 43.6 Å². The molecule has 0 unspecified atom stereocenters. The number of ether oxygens (including phenoxy) is 1. The summed E-state index contributed by atoms with van der Waals surface area (Å²) in [6.45, 7) is 18.2. The van der Waals surface area contributed by atoms with Crippen LogP contribution in [0.25, 0.3) is 88.6 Å². The molecular weight excluding hydrogens is 893 g/mol. The first kappa shape index (κ1) is 45.7. The number of aromatic nitrogens is 6. The predicted molar refractivity (Wildman–Crippen MR) is 303 cm³/mol. The van der Waals surface area contributed by atoms with Gasteiger partial charge in [0, 0.05) is 69.3 Å². The van der Waals surface area contributed by atoms with Gasteiger partial charge in [-0.1, -0.05) is 165 Å². The standard InChI is InChI=1S/C66H60N6O/c1-41(2)53-23-17-24-54(42(3)4)65(53)45-37-67-69(39-45)47-31-49(71-61-27-13-9-19-57(61)58-20-10-14-28-62(58)71)35-51(33-47)73-52-34-48(70-40-46(38-68-70)66-55(43(5)6)25-18-26-56(66)44(7)8)32-50(36-52)72-63-29-15-11-21-59(63)60-22-12-16-30-64(60)72/h9-44H,1-8H3. The van der Waals surface area contributed by atoms with Crippen molar-refractivity contribution in [1.29, 1.82) is 0 Å². The molecule has 4 aromatic heterocycles. The second-order valence-corrected chi connectivity index (χ2v) is 20.8. The summed E-state index contributed by atoms with van der Waals surface area (Å²) in [5, 5.41) is 15.0. The van der Waals surface area contributed by atoms with Crippen LogP contribution in [0.1, 0.15) is 101 Å². The maximum absolute atomic E-state index is 7.30. The Balaban J connectivity index is 1.06. The fourth-order valence-electron chi connectivity index (χ4n) is 11.3. The van der Waals surface area contributed by atoms with E-state index in [9.17, 15) is 0 Å². The molecule has 0 aliphatic rings. The molecule has 12 aromatic rings. The third kappa shape index (κ3) is 8.00. The van der Waals surface area contributed by atoms with Crippen LogP contribution < -0.4 is 4.74 Å². The Kier molecular flexibility index (Phi) is 11.5. The highest BCUT2D eigenvalue weighted by molar-refractivity contribution is 6.10. The molecule has 0 aliphatic heterocycles. The largest absolute Gasteiger partial charge is 0.457 e. The van der Waals surface area contributed by atoms with Gasteiger partial charge in [0.15, 0.2) is 0 Å². The van der Waals surface area contributed by atoms with Gasteiger partial charge in [-0.05, 0) is 93.5 Å². The van der Waals surface area contributed by atoms with Crippen molar-refractivity contribution in [3.63, 3.8) is 0 Å². The van der Waals surface area contributed by atoms with Gasteiger partial charge in [-0.3, -0.25) is 0 Å². The van der Waals surface area contributed by atoms with Crippen LogP contribution in [-0.2, 0) is 0 Å². The summed E-state index contributed by atoms with van der Waals surface area (Å²) in [6, 6.07) is 61.0. The normalized spacial score (nSPS) is 12.1. The van der Waals surface area contributed by atoms with Crippen molar-refractivity contribution in [2.24, 2.45) is 0 Å². The van der Waals surface area contributed by atoms with E-state index in [2.05, 4.69) is 247 Å². The molecule has 0 bridgehead atoms. The molecule has 7 heteroatoms. The van der Waals surface area contributed by atoms with Crippen molar-refractivity contribution in [3.8, 4) is 56.5 Å². The highest BCUT2D eigenvalue weighted by Gasteiger charge is 2.22. The van der Waals surface area contributed by atoms with Gasteiger partial charge in [0.25, 0.3) is 0 Å². The maximum Gasteiger partial charge on any atom is 0.131 e. The Labute approximate surface area is 427 Å². The lowest BCUT2D eigenvalue weighted by molar-refractivity contribution is 0.481. The zero-order chi connectivity index (χ0) is 50.1. The number of rotatable bonds is 12. The Hall–Kier alpha value is -8.42. The van der Waals surface area contributed by atoms with Crippen LogP contribution in [0.3, 0.4) is 0 Å². The number of fused-ring (bicyclic) bond motifs is 6. The summed E-state index contributed by atoms with van der Waals surface area (Å²) in [4.78, 5) is 0. The average molecular weight is 953 g/mol. The van der Waals surface area contributed by atoms with E-state index in [0.29, 0.717) is 35.2 Å². The second kappa shape index (κ2) is 18.3. The van der Waals surface area contributed by atoms with Gasteiger partial charge in [0.2, 0.25) is 0 Å². The van der Waals surface area contributed by atoms with E-state index < -0.39 is 0 Å². The highest BCUT2D eigenvalue weighted by atomic mass is 16.5. The smallest absolute Gasteiger partial charge is 0.131 e. The summed E-state index contributed by atoms with van der Waals surface area (Å²) in [5.41, 5.74) is 18.2. The fourth-order valence-corrected chi connectivity index (χ4v) is 11.3. The van der Waals surface area contributed by atoms with Crippen LogP contribution in [-0.4, -0.2) is 28.7 Å². The van der Waals surface area contributed by atoms with Gasteiger partial charge < -0.3 is 13.9 Å². The lowest BCUT2D eigenvalue weighted by Crippen LogP contribution is -2.02. The molecule has 4 heterocycles. The lowest BCUT2D eigenvalue weighted by Gasteiger charge is -2.19. The zero-order valence-electron chi connectivity index (χ0n) is 42.9. The minimum absolute atomic E-state index is 0.348. The first-order chi connectivity index (χ1) is 35.5. The van der Waals surface area contributed by atoms with E-state index in [0.717, 1.165) is 55.9 Å². The Morgan fingerprint density at radius 1 is 0.342 bits per heavy atom. The summed E-state index contributed by atoms with van der Waals surface area (Å²) in [6.07, 6.45) is 8.40. The van der Waals surface area contributed by atoms with Gasteiger partial charge in [-0.15, -0.1) is 0 Å². The minimum Gasteiger partial charge on any atom is -0.457 e. The molecule has 7 nitrogen and oxygen atoms in total. The lowest BCUT2D eigenvalue weighted by atomic mass is 9.86. The quantitative estimate of drug-likeness (QED) is 0.123. The number of hydrogen-bond acceptors (Lipinski definition) is 3. The third-order valence-electron chi connectivity index (χ3n) is 14.7. The number of hydrogen-bond donors (Lipinski definition) is 0. The first-order valence-electron chi connectivity index (χ1n) is 25.8. The third-order valence-corrected chi connectivity index (χ3v) is 14.7. The van der Waals surface area contributed by atoms with Crippen molar-refractivity contribution in [2.75, 3.05) is 0 Å². The van der Waals surface area contributed by atoms with Crippen molar-refractivity contribution in [3.05, 3.63) is 217 Å². The van der Waals surface area contributed by atoms with Crippen molar-refractivity contribution in [1.82, 2.24) is 28.7 Å². The molecule has 8 aromatic carbocycles. The van der Waals surface area contributed by atoms with E-state index in [1.807, 2.05) is 21.8 Å². The molecular formula is C66H60N6O. The van der Waals surface area contributed by atoms with Gasteiger partial charge >= 0.3 is 0 Å². The van der Waals surface area contributed by atoms with Crippen LogP contribution in [0, 0.1) is 0 Å². The minimum atomic E-state index is 0.348. The SMILES string of the molecule is CC(C)c1cccc(C(C)C)c1-c1cnn(-c2cc(Oc3cc(-n4cc(-c5c(C(C)C)cccc5C(C)C)cn4)cc(-n4c5ccccc5c5ccccc54)c3)cc(-n3c4ccccc4c4ccccc43)c2)c1. The van der Waals surface area contributed by atoms with Crippen molar-refractivity contribution < 1.29 is 4.74 Å². The number of para-hydroxylation sites is 4. The molecule has 0 amide bonds. The van der Waals surface area contributed by atoms with E-state index in [4.69, 9.17) is 14.9 Å². The maximum atomic E-state index is 7.30. The van der Waals surface area contributed by atoms with Gasteiger partial charge in [-0.25, -0.2) is 9.36 Å². The second-order valence-electron chi connectivity index (χ2n) is 20.8. The van der Waals surface area contributed by atoms with Crippen LogP contribution in [0.4, 0.5) is 0 Å². The molecule has 0 aliphatic carbocycles. The van der Waals surface area contributed by atoms with Crippen LogP contribution >= 0.6 is 0 Å². The number of nitrogens with zero attached hydrogens (tertiary/aromatic N) is 6. The topological polar surface area (TPSA) is 54.7 Å². The Morgan fingerprint density at radius 2 is 0.644 bits per heavy atom. The highest BCUT2D eigenvalue weighted by Crippen LogP contribution is 2.41. The molecule has 0 fully saturated rings. The van der Waals surface area contributed by atoms with E-state index in [-0.39, 0.29) is 0 Å². The molecule has 0 saturated carbocycles. The molecule has 0 atom stereocenters. The molecule has 73 heavy (non-hydrogen) atoms. The monoisotopic (exact) mass is 952 g/mol. The van der Waals surface area contributed by atoms with Crippen LogP contribution in [0.2, 0.25) is 0 Å². The molecule has 0 spiro atoms. The van der Waals surface area contributed by atoms with Crippen LogP contribution in [0.15, 0.2) is 195 Å². The van der Waals surface area contributed by atoms with E-state index >= 15 is 0 Å². The Bertz CT molecular complexity index is 3620. The average Bonchev–Trinajstić information content (AvgIpc) is 4.23. The first-order valence-corrected chi connectivity index (χ1v) is 25.8. The zero-order valence-corrected chi connectivity index (χ0v) is 42.9. The van der Waals surface area contributed by atoms with Gasteiger partial charge in [-0.2, -0.15) is 10.2 Å². The predicted octanol–water partition coefficient (Wildman–Crippen LogP) is 17.9. The van der Waals surface area contributed by atoms with E-state index in [1.165, 1.54) is 54.9 Å². The van der Waals surface area contributed by atoms with Crippen molar-refractivity contribution in [2.45, 2.75) is 79.1 Å².